The summed E-state index contributed by atoms with van der Waals surface area (Å²) in [6, 6.07) is 9.55. The van der Waals surface area contributed by atoms with E-state index in [0.29, 0.717) is 0 Å². The van der Waals surface area contributed by atoms with Crippen LogP contribution in [0, 0.1) is 11.3 Å². The Morgan fingerprint density at radius 1 is 1.40 bits per heavy atom. The molecule has 158 valence electrons. The number of hydrogen-bond donors (Lipinski definition) is 1. The summed E-state index contributed by atoms with van der Waals surface area (Å²) in [5, 5.41) is 13.8. The molecule has 2 saturated heterocycles. The first-order chi connectivity index (χ1) is 14.6. The van der Waals surface area contributed by atoms with Crippen molar-refractivity contribution in [2.45, 2.75) is 37.5 Å². The number of pyridine rings is 1. The summed E-state index contributed by atoms with van der Waals surface area (Å²) in [6.45, 7) is 1.82. The summed E-state index contributed by atoms with van der Waals surface area (Å²) in [4.78, 5) is 20.5. The lowest BCUT2D eigenvalue weighted by Gasteiger charge is -2.33. The van der Waals surface area contributed by atoms with Crippen molar-refractivity contribution in [2.24, 2.45) is 0 Å². The number of rotatable bonds is 5. The van der Waals surface area contributed by atoms with Gasteiger partial charge < -0.3 is 15.0 Å². The maximum Gasteiger partial charge on any atom is 0.237 e. The van der Waals surface area contributed by atoms with E-state index in [1.165, 1.54) is 4.90 Å². The maximum atomic E-state index is 13.6. The second kappa shape index (κ2) is 8.84. The number of nitrogens with zero attached hydrogens (tertiary/aromatic N) is 4. The van der Waals surface area contributed by atoms with Crippen molar-refractivity contribution in [3.63, 3.8) is 0 Å². The molecule has 0 saturated carbocycles. The highest BCUT2D eigenvalue weighted by atomic mass is 19.1. The molecule has 0 aliphatic carbocycles. The first-order valence-electron chi connectivity index (χ1n) is 10.3. The average Bonchev–Trinajstić information content (AvgIpc) is 3.16. The van der Waals surface area contributed by atoms with Crippen molar-refractivity contribution in [1.82, 2.24) is 14.8 Å². The van der Waals surface area contributed by atoms with Crippen LogP contribution < -0.4 is 10.1 Å². The van der Waals surface area contributed by atoms with E-state index >= 15 is 0 Å². The molecule has 0 spiro atoms. The summed E-state index contributed by atoms with van der Waals surface area (Å²) in [6.07, 6.45) is 2.57. The zero-order valence-electron chi connectivity index (χ0n) is 17.1. The number of anilines is 1. The molecular weight excluding hydrogens is 385 g/mol. The third kappa shape index (κ3) is 4.31. The summed E-state index contributed by atoms with van der Waals surface area (Å²) >= 11 is 0. The molecule has 2 fully saturated rings. The van der Waals surface area contributed by atoms with Gasteiger partial charge in [0.05, 0.1) is 31.8 Å². The van der Waals surface area contributed by atoms with Crippen molar-refractivity contribution >= 4 is 22.5 Å². The third-order valence-electron chi connectivity index (χ3n) is 5.96. The number of aromatic nitrogens is 1. The monoisotopic (exact) mass is 411 g/mol. The first-order valence-corrected chi connectivity index (χ1v) is 10.3. The predicted octanol–water partition coefficient (Wildman–Crippen LogP) is 2.58. The van der Waals surface area contributed by atoms with Crippen molar-refractivity contribution in [3.8, 4) is 11.8 Å². The van der Waals surface area contributed by atoms with E-state index in [-0.39, 0.29) is 31.5 Å². The van der Waals surface area contributed by atoms with Gasteiger partial charge in [-0.2, -0.15) is 5.26 Å². The second-order valence-corrected chi connectivity index (χ2v) is 7.96. The number of carbonyl (C=O) groups is 1. The summed E-state index contributed by atoms with van der Waals surface area (Å²) in [5.41, 5.74) is 1.88. The Morgan fingerprint density at radius 2 is 2.20 bits per heavy atom. The number of fused-ring (bicyclic) bond motifs is 1. The van der Waals surface area contributed by atoms with Gasteiger partial charge in [-0.1, -0.05) is 0 Å². The average molecular weight is 411 g/mol. The van der Waals surface area contributed by atoms with Gasteiger partial charge in [-0.15, -0.1) is 0 Å². The molecule has 7 nitrogen and oxygen atoms in total. The topological polar surface area (TPSA) is 81.5 Å². The predicted molar refractivity (Wildman–Crippen MR) is 112 cm³/mol. The van der Waals surface area contributed by atoms with Crippen LogP contribution in [-0.2, 0) is 4.79 Å². The molecule has 1 aromatic heterocycles. The van der Waals surface area contributed by atoms with Crippen LogP contribution in [0.5, 0.6) is 5.75 Å². The molecule has 0 radical (unpaired) electrons. The molecule has 1 N–H and O–H groups in total. The molecule has 1 amide bonds. The van der Waals surface area contributed by atoms with Crippen LogP contribution in [-0.4, -0.2) is 72.2 Å². The van der Waals surface area contributed by atoms with Crippen molar-refractivity contribution in [3.05, 3.63) is 30.5 Å². The number of methoxy groups -OCH3 is 1. The van der Waals surface area contributed by atoms with E-state index in [4.69, 9.17) is 10.00 Å². The van der Waals surface area contributed by atoms with Crippen molar-refractivity contribution in [1.29, 1.82) is 5.26 Å². The number of ether oxygens (including phenoxy) is 1. The van der Waals surface area contributed by atoms with Gasteiger partial charge in [-0.25, -0.2) is 4.39 Å². The van der Waals surface area contributed by atoms with Gasteiger partial charge in [-0.05, 0) is 25.0 Å². The number of likely N-dealkylation sites (tertiary alicyclic amines) is 2. The number of benzene rings is 1. The van der Waals surface area contributed by atoms with Gasteiger partial charge in [-0.3, -0.25) is 14.7 Å². The second-order valence-electron chi connectivity index (χ2n) is 7.96. The van der Waals surface area contributed by atoms with Gasteiger partial charge in [0, 0.05) is 55.0 Å². The molecule has 1 unspecified atom stereocenters. The largest absolute Gasteiger partial charge is 0.497 e. The number of carbonyl (C=O) groups excluding carboxylic acids is 1. The number of piperidine rings is 1. The Balaban J connectivity index is 1.35. The van der Waals surface area contributed by atoms with Crippen LogP contribution in [0.4, 0.5) is 10.1 Å². The number of amides is 1. The number of halogens is 1. The molecule has 2 aliphatic heterocycles. The molecule has 3 heterocycles. The zero-order chi connectivity index (χ0) is 21.1. The van der Waals surface area contributed by atoms with E-state index < -0.39 is 12.2 Å². The lowest BCUT2D eigenvalue weighted by atomic mass is 10.0. The normalized spacial score (nSPS) is 22.8. The maximum absolute atomic E-state index is 13.6. The SMILES string of the molecule is COc1cc(NC2CCN(CC(=O)N3C[C@@H](F)CC3C#N)CC2)c2cccnc2c1. The Bertz CT molecular complexity index is 954. The Labute approximate surface area is 175 Å². The highest BCUT2D eigenvalue weighted by Crippen LogP contribution is 2.30. The van der Waals surface area contributed by atoms with Crippen molar-refractivity contribution < 1.29 is 13.9 Å². The Kier molecular flexibility index (Phi) is 6.00. The first kappa shape index (κ1) is 20.4. The molecule has 2 aliphatic rings. The van der Waals surface area contributed by atoms with Crippen molar-refractivity contribution in [2.75, 3.05) is 38.6 Å². The molecule has 1 aromatic carbocycles. The van der Waals surface area contributed by atoms with E-state index in [9.17, 15) is 9.18 Å². The fourth-order valence-electron chi connectivity index (χ4n) is 4.31. The Hall–Kier alpha value is -2.92. The van der Waals surface area contributed by atoms with Crippen LogP contribution in [0.3, 0.4) is 0 Å². The van der Waals surface area contributed by atoms with Gasteiger partial charge in [0.25, 0.3) is 0 Å². The lowest BCUT2D eigenvalue weighted by molar-refractivity contribution is -0.132. The van der Waals surface area contributed by atoms with E-state index in [1.807, 2.05) is 30.3 Å². The van der Waals surface area contributed by atoms with Crippen LogP contribution in [0.1, 0.15) is 19.3 Å². The standard InChI is InChI=1S/C22H26FN5O2/c1-30-18-10-20-19(3-2-6-25-20)21(11-18)26-16-4-7-27(8-5-16)14-22(29)28-13-15(23)9-17(28)12-24/h2-3,6,10-11,15-17,26H,4-5,7-9,13-14H2,1H3/t15-,17?/m0/s1. The number of nitriles is 1. The quantitative estimate of drug-likeness (QED) is 0.815. The summed E-state index contributed by atoms with van der Waals surface area (Å²) in [5.74, 6) is 0.605. The highest BCUT2D eigenvalue weighted by Gasteiger charge is 2.36. The van der Waals surface area contributed by atoms with Crippen LogP contribution in [0.2, 0.25) is 0 Å². The fraction of sp³-hybridized carbons (Fsp3) is 0.500. The number of hydrogen-bond acceptors (Lipinski definition) is 6. The lowest BCUT2D eigenvalue weighted by Crippen LogP contribution is -2.46. The van der Waals surface area contributed by atoms with Gasteiger partial charge in [0.1, 0.15) is 18.0 Å². The minimum Gasteiger partial charge on any atom is -0.497 e. The van der Waals surface area contributed by atoms with Crippen LogP contribution in [0.25, 0.3) is 10.9 Å². The molecule has 0 bridgehead atoms. The smallest absolute Gasteiger partial charge is 0.237 e. The van der Waals surface area contributed by atoms with Gasteiger partial charge >= 0.3 is 0 Å². The van der Waals surface area contributed by atoms with E-state index in [2.05, 4.69) is 15.2 Å². The van der Waals surface area contributed by atoms with Gasteiger partial charge in [0.2, 0.25) is 5.91 Å². The minimum absolute atomic E-state index is 0.0338. The third-order valence-corrected chi connectivity index (χ3v) is 5.96. The molecule has 4 rings (SSSR count). The Morgan fingerprint density at radius 3 is 2.93 bits per heavy atom. The fourth-order valence-corrected chi connectivity index (χ4v) is 4.31. The summed E-state index contributed by atoms with van der Waals surface area (Å²) < 4.78 is 19.0. The molecular formula is C22H26FN5O2. The van der Waals surface area contributed by atoms with Gasteiger partial charge in [0.15, 0.2) is 0 Å². The van der Waals surface area contributed by atoms with E-state index in [0.717, 1.165) is 48.3 Å². The van der Waals surface area contributed by atoms with E-state index in [1.54, 1.807) is 13.3 Å². The van der Waals surface area contributed by atoms with Crippen LogP contribution >= 0.6 is 0 Å². The van der Waals surface area contributed by atoms with Crippen LogP contribution in [0.15, 0.2) is 30.5 Å². The number of nitrogens with one attached hydrogen (secondary N) is 1. The zero-order valence-corrected chi connectivity index (χ0v) is 17.1. The number of alkyl halides is 1. The summed E-state index contributed by atoms with van der Waals surface area (Å²) in [7, 11) is 1.64. The highest BCUT2D eigenvalue weighted by molar-refractivity contribution is 5.92. The molecule has 2 atom stereocenters. The minimum atomic E-state index is -1.10. The molecule has 8 heteroatoms. The molecule has 30 heavy (non-hydrogen) atoms. The molecule has 2 aromatic rings.